The predicted octanol–water partition coefficient (Wildman–Crippen LogP) is 1.01. The molecule has 0 bridgehead atoms. The zero-order chi connectivity index (χ0) is 14.9. The first kappa shape index (κ1) is 13.7. The largest absolute Gasteiger partial charge is 0.393 e. The lowest BCUT2D eigenvalue weighted by Gasteiger charge is -2.51. The monoisotopic (exact) mass is 314 g/mol. The van der Waals surface area contributed by atoms with Crippen LogP contribution in [-0.2, 0) is 24.4 Å². The minimum absolute atomic E-state index is 0.0613. The van der Waals surface area contributed by atoms with Crippen molar-refractivity contribution >= 4 is 22.1 Å². The molecular formula is C14H18O6S. The Morgan fingerprint density at radius 1 is 0.952 bits per heavy atom. The van der Waals surface area contributed by atoms with E-state index in [1.54, 1.807) is 0 Å². The summed E-state index contributed by atoms with van der Waals surface area (Å²) in [5, 5.41) is -0.881. The number of hydrogen-bond acceptors (Lipinski definition) is 5. The molecule has 0 aromatic rings. The second kappa shape index (κ2) is 4.29. The molecule has 7 heteroatoms. The van der Waals surface area contributed by atoms with Crippen LogP contribution in [0.2, 0.25) is 0 Å². The molecule has 4 aliphatic rings. The maximum Gasteiger partial charge on any atom is 0.316 e. The number of hydrogen-bond donors (Lipinski definition) is 1. The summed E-state index contributed by atoms with van der Waals surface area (Å²) in [6, 6.07) is 0. The molecule has 21 heavy (non-hydrogen) atoms. The lowest BCUT2D eigenvalue weighted by atomic mass is 9.56. The van der Waals surface area contributed by atoms with Gasteiger partial charge < -0.3 is 4.74 Å². The van der Waals surface area contributed by atoms with E-state index in [2.05, 4.69) is 0 Å². The Labute approximate surface area is 123 Å². The third kappa shape index (κ3) is 1.83. The molecule has 1 saturated heterocycles. The zero-order valence-electron chi connectivity index (χ0n) is 11.5. The van der Waals surface area contributed by atoms with Crippen molar-refractivity contribution in [1.29, 1.82) is 0 Å². The fourth-order valence-electron chi connectivity index (χ4n) is 5.62. The summed E-state index contributed by atoms with van der Waals surface area (Å²) in [6.45, 7) is 0. The van der Waals surface area contributed by atoms with Gasteiger partial charge in [0, 0.05) is 0 Å². The summed E-state index contributed by atoms with van der Waals surface area (Å²) < 4.78 is 37.8. The molecule has 0 amide bonds. The van der Waals surface area contributed by atoms with Gasteiger partial charge >= 0.3 is 11.9 Å². The van der Waals surface area contributed by atoms with Crippen LogP contribution in [0.1, 0.15) is 32.1 Å². The first-order valence-corrected chi connectivity index (χ1v) is 9.10. The number of carbonyl (C=O) groups excluding carboxylic acids is 2. The molecule has 0 spiro atoms. The molecule has 4 fully saturated rings. The van der Waals surface area contributed by atoms with E-state index in [1.165, 1.54) is 0 Å². The van der Waals surface area contributed by atoms with Crippen molar-refractivity contribution in [2.45, 2.75) is 37.4 Å². The molecule has 1 aliphatic heterocycles. The summed E-state index contributed by atoms with van der Waals surface area (Å²) >= 11 is 0. The van der Waals surface area contributed by atoms with Crippen molar-refractivity contribution in [2.24, 2.45) is 35.5 Å². The highest BCUT2D eigenvalue weighted by molar-refractivity contribution is 7.86. The van der Waals surface area contributed by atoms with E-state index >= 15 is 0 Å². The van der Waals surface area contributed by atoms with Crippen LogP contribution in [0.15, 0.2) is 0 Å². The molecule has 4 rings (SSSR count). The molecule has 3 aliphatic carbocycles. The minimum atomic E-state index is -4.18. The van der Waals surface area contributed by atoms with Crippen LogP contribution < -0.4 is 0 Å². The molecule has 7 unspecified atom stereocenters. The molecule has 1 heterocycles. The molecule has 0 aromatic carbocycles. The summed E-state index contributed by atoms with van der Waals surface area (Å²) in [4.78, 5) is 24.0. The van der Waals surface area contributed by atoms with E-state index < -0.39 is 33.2 Å². The predicted molar refractivity (Wildman–Crippen MR) is 70.5 cm³/mol. The van der Waals surface area contributed by atoms with Crippen LogP contribution in [0.4, 0.5) is 0 Å². The number of esters is 2. The van der Waals surface area contributed by atoms with E-state index in [9.17, 15) is 22.6 Å². The van der Waals surface area contributed by atoms with E-state index in [1.807, 2.05) is 0 Å². The summed E-state index contributed by atoms with van der Waals surface area (Å²) in [7, 11) is -4.18. The minimum Gasteiger partial charge on any atom is -0.393 e. The topological polar surface area (TPSA) is 97.7 Å². The number of rotatable bonds is 1. The molecule has 0 aromatic heterocycles. The molecule has 6 nitrogen and oxygen atoms in total. The number of cyclic esters (lactones) is 2. The standard InChI is InChI=1S/C14H18O6S/c15-13-8-4-2-6-1-3-7-10(21(17,18)19)5-9(14(16)20-13)12(8)11(6)7/h6-12H,1-5H2,(H,17,18,19). The molecular weight excluding hydrogens is 296 g/mol. The van der Waals surface area contributed by atoms with E-state index in [4.69, 9.17) is 4.74 Å². The molecule has 1 N–H and O–H groups in total. The van der Waals surface area contributed by atoms with Crippen molar-refractivity contribution in [3.63, 3.8) is 0 Å². The van der Waals surface area contributed by atoms with Crippen LogP contribution in [0.3, 0.4) is 0 Å². The van der Waals surface area contributed by atoms with Crippen molar-refractivity contribution in [2.75, 3.05) is 0 Å². The van der Waals surface area contributed by atoms with E-state index in [0.29, 0.717) is 5.92 Å². The highest BCUT2D eigenvalue weighted by Gasteiger charge is 2.62. The van der Waals surface area contributed by atoms with Gasteiger partial charge in [-0.2, -0.15) is 8.42 Å². The van der Waals surface area contributed by atoms with Gasteiger partial charge in [0.25, 0.3) is 10.1 Å². The molecule has 116 valence electrons. The second-order valence-electron chi connectivity index (χ2n) is 6.98. The number of ether oxygens (including phenoxy) is 1. The molecule has 3 saturated carbocycles. The third-order valence-electron chi connectivity index (χ3n) is 6.28. The summed E-state index contributed by atoms with van der Waals surface area (Å²) in [5.41, 5.74) is 0. The van der Waals surface area contributed by atoms with Gasteiger partial charge in [0.2, 0.25) is 0 Å². The second-order valence-corrected chi connectivity index (χ2v) is 8.61. The van der Waals surface area contributed by atoms with Gasteiger partial charge in [0.1, 0.15) is 0 Å². The maximum absolute atomic E-state index is 12.1. The van der Waals surface area contributed by atoms with Crippen LogP contribution in [0.5, 0.6) is 0 Å². The van der Waals surface area contributed by atoms with Gasteiger partial charge in [0.15, 0.2) is 0 Å². The Morgan fingerprint density at radius 2 is 1.62 bits per heavy atom. The van der Waals surface area contributed by atoms with Crippen LogP contribution in [0.25, 0.3) is 0 Å². The average molecular weight is 314 g/mol. The number of carbonyl (C=O) groups is 2. The van der Waals surface area contributed by atoms with Crippen molar-refractivity contribution in [3.8, 4) is 0 Å². The van der Waals surface area contributed by atoms with Crippen LogP contribution in [0, 0.1) is 35.5 Å². The van der Waals surface area contributed by atoms with Gasteiger partial charge in [-0.15, -0.1) is 0 Å². The van der Waals surface area contributed by atoms with Gasteiger partial charge in [0.05, 0.1) is 17.1 Å². The Morgan fingerprint density at radius 3 is 2.33 bits per heavy atom. The van der Waals surface area contributed by atoms with E-state index in [-0.39, 0.29) is 30.1 Å². The summed E-state index contributed by atoms with van der Waals surface area (Å²) in [6.07, 6.45) is 3.41. The maximum atomic E-state index is 12.1. The average Bonchev–Trinajstić information content (AvgIpc) is 2.82. The van der Waals surface area contributed by atoms with Gasteiger partial charge in [-0.3, -0.25) is 14.1 Å². The Bertz CT molecular complexity index is 611. The highest BCUT2D eigenvalue weighted by atomic mass is 32.2. The Hall–Kier alpha value is -0.950. The van der Waals surface area contributed by atoms with Crippen LogP contribution >= 0.6 is 0 Å². The molecule has 7 atom stereocenters. The van der Waals surface area contributed by atoms with Crippen molar-refractivity contribution < 1.29 is 27.3 Å². The first-order chi connectivity index (χ1) is 9.88. The van der Waals surface area contributed by atoms with E-state index in [0.717, 1.165) is 25.7 Å². The fraction of sp³-hybridized carbons (Fsp3) is 0.857. The fourth-order valence-corrected chi connectivity index (χ4v) is 6.83. The van der Waals surface area contributed by atoms with Crippen molar-refractivity contribution in [1.82, 2.24) is 0 Å². The zero-order valence-corrected chi connectivity index (χ0v) is 12.3. The Kier molecular flexibility index (Phi) is 2.80. The van der Waals surface area contributed by atoms with Crippen LogP contribution in [-0.4, -0.2) is 30.2 Å². The quantitative estimate of drug-likeness (QED) is 0.441. The molecule has 0 radical (unpaired) electrons. The highest BCUT2D eigenvalue weighted by Crippen LogP contribution is 2.60. The van der Waals surface area contributed by atoms with Crippen molar-refractivity contribution in [3.05, 3.63) is 0 Å². The lowest BCUT2D eigenvalue weighted by Crippen LogP contribution is -2.57. The smallest absolute Gasteiger partial charge is 0.316 e. The lowest BCUT2D eigenvalue weighted by molar-refractivity contribution is -0.186. The third-order valence-corrected chi connectivity index (χ3v) is 7.59. The Balaban J connectivity index is 1.79. The SMILES string of the molecule is O=C1OC(=O)C2CC(S(=O)(=O)O)C3CCC4CCC1C2C43. The van der Waals surface area contributed by atoms with Gasteiger partial charge in [-0.05, 0) is 55.8 Å². The van der Waals surface area contributed by atoms with Gasteiger partial charge in [-0.1, -0.05) is 0 Å². The normalized spacial score (nSPS) is 48.7. The summed E-state index contributed by atoms with van der Waals surface area (Å²) in [5.74, 6) is -1.61. The first-order valence-electron chi connectivity index (χ1n) is 7.59. The van der Waals surface area contributed by atoms with Gasteiger partial charge in [-0.25, -0.2) is 0 Å².